The molecule has 4 heteroatoms. The number of hydrogen-bond acceptors (Lipinski definition) is 3. The van der Waals surface area contributed by atoms with Crippen molar-refractivity contribution in [3.05, 3.63) is 0 Å². The van der Waals surface area contributed by atoms with E-state index in [4.69, 9.17) is 4.74 Å². The van der Waals surface area contributed by atoms with Crippen molar-refractivity contribution in [1.82, 2.24) is 0 Å². The summed E-state index contributed by atoms with van der Waals surface area (Å²) in [5.74, 6) is 0.848. The van der Waals surface area contributed by atoms with Crippen LogP contribution in [0.25, 0.3) is 0 Å². The van der Waals surface area contributed by atoms with Crippen molar-refractivity contribution in [2.75, 3.05) is 12.4 Å². The number of thiol groups is 1. The summed E-state index contributed by atoms with van der Waals surface area (Å²) in [5, 5.41) is 0. The minimum Gasteiger partial charge on any atom is -0.465 e. The lowest BCUT2D eigenvalue weighted by atomic mass is 10.1. The second-order valence-electron chi connectivity index (χ2n) is 5.51. The van der Waals surface area contributed by atoms with Crippen LogP contribution < -0.4 is 0 Å². The minimum absolute atomic E-state index is 0.170. The fourth-order valence-corrected chi connectivity index (χ4v) is 2.13. The lowest BCUT2D eigenvalue weighted by Gasteiger charge is -2.14. The maximum atomic E-state index is 11.5. The standard InChI is InChI=1S/C15H29BrO2S/c1-15(2,16)14(17)18-12-10-8-6-4-3-5-7-9-11-13-19/h19H,3-13H2,1-2H3. The van der Waals surface area contributed by atoms with Gasteiger partial charge in [-0.15, -0.1) is 0 Å². The quantitative estimate of drug-likeness (QED) is 0.227. The smallest absolute Gasteiger partial charge is 0.322 e. The van der Waals surface area contributed by atoms with Crippen LogP contribution in [0.2, 0.25) is 0 Å². The molecule has 0 N–H and O–H groups in total. The SMILES string of the molecule is CC(C)(Br)C(=O)OCCCCCCCCCCCS. The Morgan fingerprint density at radius 3 is 1.79 bits per heavy atom. The van der Waals surface area contributed by atoms with Crippen LogP contribution in [0, 0.1) is 0 Å². The summed E-state index contributed by atoms with van der Waals surface area (Å²) in [6.07, 6.45) is 11.3. The Labute approximate surface area is 132 Å². The summed E-state index contributed by atoms with van der Waals surface area (Å²) >= 11 is 7.50. The molecule has 0 aliphatic carbocycles. The molecule has 0 amide bonds. The number of unbranched alkanes of at least 4 members (excludes halogenated alkanes) is 8. The first kappa shape index (κ1) is 19.3. The van der Waals surface area contributed by atoms with Crippen LogP contribution in [0.4, 0.5) is 0 Å². The average molecular weight is 353 g/mol. The van der Waals surface area contributed by atoms with E-state index in [1.807, 2.05) is 13.8 Å². The van der Waals surface area contributed by atoms with Crippen molar-refractivity contribution < 1.29 is 9.53 Å². The third kappa shape index (κ3) is 13.1. The molecule has 2 nitrogen and oxygen atoms in total. The Balaban J connectivity index is 3.17. The van der Waals surface area contributed by atoms with Crippen LogP contribution in [-0.2, 0) is 9.53 Å². The zero-order chi connectivity index (χ0) is 14.6. The summed E-state index contributed by atoms with van der Waals surface area (Å²) < 4.78 is 4.63. The molecule has 0 aromatic rings. The topological polar surface area (TPSA) is 26.3 Å². The van der Waals surface area contributed by atoms with Gasteiger partial charge in [0.05, 0.1) is 6.61 Å². The molecule has 0 aliphatic rings. The van der Waals surface area contributed by atoms with Gasteiger partial charge in [-0.1, -0.05) is 60.9 Å². The fourth-order valence-electron chi connectivity index (χ4n) is 1.79. The fraction of sp³-hybridized carbons (Fsp3) is 0.933. The molecule has 0 saturated carbocycles. The molecule has 114 valence electrons. The van der Waals surface area contributed by atoms with Crippen LogP contribution in [-0.4, -0.2) is 22.7 Å². The Morgan fingerprint density at radius 2 is 1.37 bits per heavy atom. The molecule has 0 bridgehead atoms. The number of carbonyl (C=O) groups is 1. The third-order valence-electron chi connectivity index (χ3n) is 3.02. The summed E-state index contributed by atoms with van der Waals surface area (Å²) in [5.41, 5.74) is 0. The predicted molar refractivity (Wildman–Crippen MR) is 89.4 cm³/mol. The molecule has 0 spiro atoms. The first-order chi connectivity index (χ1) is 8.98. The lowest BCUT2D eigenvalue weighted by Crippen LogP contribution is -2.26. The summed E-state index contributed by atoms with van der Waals surface area (Å²) in [6, 6.07) is 0. The van der Waals surface area contributed by atoms with E-state index in [2.05, 4.69) is 28.6 Å². The molecule has 19 heavy (non-hydrogen) atoms. The van der Waals surface area contributed by atoms with Crippen molar-refractivity contribution in [3.63, 3.8) is 0 Å². The molecule has 0 radical (unpaired) electrons. The van der Waals surface area contributed by atoms with Gasteiger partial charge in [-0.3, -0.25) is 4.79 Å². The zero-order valence-electron chi connectivity index (χ0n) is 12.4. The molecule has 0 aromatic carbocycles. The molecular weight excluding hydrogens is 324 g/mol. The second-order valence-corrected chi connectivity index (χ2v) is 7.94. The normalized spacial score (nSPS) is 11.6. The lowest BCUT2D eigenvalue weighted by molar-refractivity contribution is -0.145. The Hall–Kier alpha value is 0.300. The summed E-state index contributed by atoms with van der Waals surface area (Å²) in [4.78, 5) is 11.5. The van der Waals surface area contributed by atoms with Gasteiger partial charge in [0, 0.05) is 0 Å². The minimum atomic E-state index is -0.556. The largest absolute Gasteiger partial charge is 0.465 e. The Kier molecular flexibility index (Phi) is 12.3. The van der Waals surface area contributed by atoms with Crippen LogP contribution in [0.5, 0.6) is 0 Å². The zero-order valence-corrected chi connectivity index (χ0v) is 14.9. The average Bonchev–Trinajstić information content (AvgIpc) is 2.34. The van der Waals surface area contributed by atoms with Gasteiger partial charge in [0.2, 0.25) is 0 Å². The van der Waals surface area contributed by atoms with E-state index in [1.54, 1.807) is 0 Å². The molecule has 0 fully saturated rings. The van der Waals surface area contributed by atoms with E-state index in [0.717, 1.165) is 18.6 Å². The van der Waals surface area contributed by atoms with E-state index < -0.39 is 4.32 Å². The first-order valence-corrected chi connectivity index (χ1v) is 8.88. The highest BCUT2D eigenvalue weighted by atomic mass is 79.9. The number of alkyl halides is 1. The van der Waals surface area contributed by atoms with Gasteiger partial charge in [0.1, 0.15) is 4.32 Å². The molecule has 0 aromatic heterocycles. The van der Waals surface area contributed by atoms with Crippen molar-refractivity contribution in [3.8, 4) is 0 Å². The number of rotatable bonds is 12. The van der Waals surface area contributed by atoms with E-state index in [9.17, 15) is 4.79 Å². The monoisotopic (exact) mass is 352 g/mol. The van der Waals surface area contributed by atoms with Crippen LogP contribution in [0.3, 0.4) is 0 Å². The predicted octanol–water partition coefficient (Wildman–Crippen LogP) is 5.14. The molecule has 0 atom stereocenters. The number of ether oxygens (including phenoxy) is 1. The van der Waals surface area contributed by atoms with Crippen LogP contribution in [0.1, 0.15) is 71.6 Å². The highest BCUT2D eigenvalue weighted by Crippen LogP contribution is 2.17. The highest BCUT2D eigenvalue weighted by Gasteiger charge is 2.24. The van der Waals surface area contributed by atoms with Gasteiger partial charge in [-0.25, -0.2) is 0 Å². The second kappa shape index (κ2) is 12.1. The van der Waals surface area contributed by atoms with E-state index in [0.29, 0.717) is 6.61 Å². The molecule has 0 saturated heterocycles. The van der Waals surface area contributed by atoms with E-state index in [-0.39, 0.29) is 5.97 Å². The Morgan fingerprint density at radius 1 is 0.947 bits per heavy atom. The van der Waals surface area contributed by atoms with Crippen LogP contribution in [0.15, 0.2) is 0 Å². The third-order valence-corrected chi connectivity index (χ3v) is 3.66. The molecule has 0 unspecified atom stereocenters. The van der Waals surface area contributed by atoms with Gasteiger partial charge < -0.3 is 4.74 Å². The summed E-state index contributed by atoms with van der Waals surface area (Å²) in [7, 11) is 0. The van der Waals surface area contributed by atoms with E-state index in [1.165, 1.54) is 44.9 Å². The maximum absolute atomic E-state index is 11.5. The molecular formula is C15H29BrO2S. The van der Waals surface area contributed by atoms with Gasteiger partial charge in [0.15, 0.2) is 0 Å². The van der Waals surface area contributed by atoms with Gasteiger partial charge in [0.25, 0.3) is 0 Å². The van der Waals surface area contributed by atoms with Crippen molar-refractivity contribution >= 4 is 34.5 Å². The number of hydrogen-bond donors (Lipinski definition) is 1. The van der Waals surface area contributed by atoms with Gasteiger partial charge in [-0.2, -0.15) is 12.6 Å². The molecule has 0 heterocycles. The number of carbonyl (C=O) groups excluding carboxylic acids is 1. The number of halogens is 1. The van der Waals surface area contributed by atoms with Crippen molar-refractivity contribution in [2.45, 2.75) is 76.0 Å². The first-order valence-electron chi connectivity index (χ1n) is 7.45. The van der Waals surface area contributed by atoms with Gasteiger partial charge in [-0.05, 0) is 32.4 Å². The maximum Gasteiger partial charge on any atom is 0.322 e. The number of esters is 1. The van der Waals surface area contributed by atoms with Crippen molar-refractivity contribution in [1.29, 1.82) is 0 Å². The van der Waals surface area contributed by atoms with Crippen LogP contribution >= 0.6 is 28.6 Å². The molecule has 0 rings (SSSR count). The highest BCUT2D eigenvalue weighted by molar-refractivity contribution is 9.10. The van der Waals surface area contributed by atoms with E-state index >= 15 is 0 Å². The van der Waals surface area contributed by atoms with Gasteiger partial charge >= 0.3 is 5.97 Å². The van der Waals surface area contributed by atoms with Crippen molar-refractivity contribution in [2.24, 2.45) is 0 Å². The molecule has 0 aliphatic heterocycles. The summed E-state index contributed by atoms with van der Waals surface area (Å²) in [6.45, 7) is 4.17. The Bertz CT molecular complexity index is 227.